The summed E-state index contributed by atoms with van der Waals surface area (Å²) in [6, 6.07) is 4.92. The number of likely N-dealkylation sites (tertiary alicyclic amines) is 1. The molecule has 1 aromatic rings. The van der Waals surface area contributed by atoms with Crippen molar-refractivity contribution in [1.29, 1.82) is 5.26 Å². The summed E-state index contributed by atoms with van der Waals surface area (Å²) in [4.78, 5) is 27.2. The third-order valence-corrected chi connectivity index (χ3v) is 9.61. The third kappa shape index (κ3) is 4.61. The van der Waals surface area contributed by atoms with E-state index in [0.717, 1.165) is 62.8 Å². The lowest BCUT2D eigenvalue weighted by Gasteiger charge is -2.61. The van der Waals surface area contributed by atoms with Gasteiger partial charge in [0, 0.05) is 12.1 Å². The van der Waals surface area contributed by atoms with Gasteiger partial charge >= 0.3 is 6.03 Å². The van der Waals surface area contributed by atoms with Gasteiger partial charge in [0.1, 0.15) is 11.9 Å². The molecule has 9 nitrogen and oxygen atoms in total. The molecular weight excluding hydrogens is 473 g/mol. The number of sulfonamides is 1. The lowest BCUT2D eigenvalue weighted by Crippen LogP contribution is -2.73. The highest BCUT2D eigenvalue weighted by atomic mass is 32.2. The summed E-state index contributed by atoms with van der Waals surface area (Å²) in [5.74, 6) is 0.531. The van der Waals surface area contributed by atoms with Gasteiger partial charge in [0.05, 0.1) is 23.6 Å². The minimum Gasteiger partial charge on any atom is -0.332 e. The average molecular weight is 504 g/mol. The van der Waals surface area contributed by atoms with Gasteiger partial charge < -0.3 is 15.5 Å². The van der Waals surface area contributed by atoms with Crippen molar-refractivity contribution in [2.45, 2.75) is 67.5 Å². The van der Waals surface area contributed by atoms with Crippen LogP contribution in [0.15, 0.2) is 29.2 Å². The van der Waals surface area contributed by atoms with Crippen molar-refractivity contribution in [2.75, 3.05) is 13.1 Å². The molecule has 0 aromatic heterocycles. The number of nitrogens with one attached hydrogen (secondary N) is 3. The number of amides is 3. The molecule has 4 atom stereocenters. The molecule has 3 amide bonds. The zero-order valence-corrected chi connectivity index (χ0v) is 20.2. The van der Waals surface area contributed by atoms with Gasteiger partial charge in [-0.25, -0.2) is 22.3 Å². The molecule has 4 saturated carbocycles. The van der Waals surface area contributed by atoms with Crippen LogP contribution in [0.4, 0.5) is 9.18 Å². The van der Waals surface area contributed by atoms with E-state index in [9.17, 15) is 27.7 Å². The predicted octanol–water partition coefficient (Wildman–Crippen LogP) is 1.87. The number of carbonyl (C=O) groups is 2. The molecule has 1 heterocycles. The molecule has 0 radical (unpaired) electrons. The van der Waals surface area contributed by atoms with Crippen molar-refractivity contribution in [3.05, 3.63) is 30.1 Å². The Balaban J connectivity index is 1.29. The zero-order chi connectivity index (χ0) is 24.8. The van der Waals surface area contributed by atoms with Crippen LogP contribution in [0.1, 0.15) is 44.9 Å². The monoisotopic (exact) mass is 503 g/mol. The van der Waals surface area contributed by atoms with E-state index in [-0.39, 0.29) is 29.3 Å². The van der Waals surface area contributed by atoms with Gasteiger partial charge in [-0.05, 0) is 87.0 Å². The van der Waals surface area contributed by atoms with Gasteiger partial charge in [-0.1, -0.05) is 0 Å². The van der Waals surface area contributed by atoms with Crippen LogP contribution in [-0.4, -0.2) is 56.0 Å². The number of benzene rings is 1. The molecule has 1 saturated heterocycles. The molecule has 4 aliphatic carbocycles. The molecule has 35 heavy (non-hydrogen) atoms. The van der Waals surface area contributed by atoms with E-state index in [1.165, 1.54) is 0 Å². The van der Waals surface area contributed by atoms with E-state index in [1.54, 1.807) is 4.90 Å². The Labute approximate surface area is 204 Å². The van der Waals surface area contributed by atoms with Gasteiger partial charge in [-0.15, -0.1) is 0 Å². The maximum Gasteiger partial charge on any atom is 0.328 e. The first kappa shape index (κ1) is 24.0. The number of halogens is 1. The highest BCUT2D eigenvalue weighted by Gasteiger charge is 2.57. The van der Waals surface area contributed by atoms with Crippen molar-refractivity contribution in [3.8, 4) is 6.07 Å². The molecule has 11 heteroatoms. The lowest BCUT2D eigenvalue weighted by atomic mass is 9.50. The van der Waals surface area contributed by atoms with Gasteiger partial charge in [-0.2, -0.15) is 5.26 Å². The Hall–Kier alpha value is -2.71. The first-order chi connectivity index (χ1) is 16.7. The summed E-state index contributed by atoms with van der Waals surface area (Å²) in [6.45, 7) is 0.656. The second kappa shape index (κ2) is 9.06. The summed E-state index contributed by atoms with van der Waals surface area (Å²) in [7, 11) is -4.16. The van der Waals surface area contributed by atoms with E-state index in [4.69, 9.17) is 0 Å². The fourth-order valence-corrected chi connectivity index (χ4v) is 7.98. The SMILES string of the molecule is N#CC1CCCN1C(=O)CNC12CC3CC(CC(C3)C1NC(=O)NS(=O)(=O)c1ccc(F)cc1)C2. The van der Waals surface area contributed by atoms with E-state index >= 15 is 0 Å². The second-order valence-electron chi connectivity index (χ2n) is 10.5. The summed E-state index contributed by atoms with van der Waals surface area (Å²) < 4.78 is 40.5. The van der Waals surface area contributed by atoms with Crippen LogP contribution in [0, 0.1) is 34.9 Å². The molecule has 5 aliphatic rings. The average Bonchev–Trinajstić information content (AvgIpc) is 3.29. The van der Waals surface area contributed by atoms with Crippen LogP contribution >= 0.6 is 0 Å². The summed E-state index contributed by atoms with van der Waals surface area (Å²) in [5.41, 5.74) is -0.497. The number of hydrogen-bond acceptors (Lipinski definition) is 6. The Bertz CT molecular complexity index is 1140. The molecular formula is C24H30FN5O4S. The molecule has 188 valence electrons. The third-order valence-electron chi connectivity index (χ3n) is 8.26. The highest BCUT2D eigenvalue weighted by molar-refractivity contribution is 7.90. The molecule has 1 aliphatic heterocycles. The van der Waals surface area contributed by atoms with E-state index < -0.39 is 33.5 Å². The molecule has 1 aromatic carbocycles. The van der Waals surface area contributed by atoms with Crippen LogP contribution in [0.3, 0.4) is 0 Å². The molecule has 0 spiro atoms. The number of nitriles is 1. The normalized spacial score (nSPS) is 33.4. The minimum absolute atomic E-state index is 0.0814. The van der Waals surface area contributed by atoms with Crippen LogP contribution in [-0.2, 0) is 14.8 Å². The summed E-state index contributed by atoms with van der Waals surface area (Å²) in [6.07, 6.45) is 6.20. The fraction of sp³-hybridized carbons (Fsp3) is 0.625. The van der Waals surface area contributed by atoms with Gasteiger partial charge in [-0.3, -0.25) is 4.79 Å². The Kier molecular flexibility index (Phi) is 6.21. The maximum atomic E-state index is 13.2. The number of hydrogen-bond donors (Lipinski definition) is 3. The molecule has 5 fully saturated rings. The first-order valence-electron chi connectivity index (χ1n) is 12.2. The van der Waals surface area contributed by atoms with Gasteiger partial charge in [0.2, 0.25) is 5.91 Å². The summed E-state index contributed by atoms with van der Waals surface area (Å²) >= 11 is 0. The molecule has 4 unspecified atom stereocenters. The van der Waals surface area contributed by atoms with Crippen molar-refractivity contribution >= 4 is 22.0 Å². The minimum atomic E-state index is -4.16. The van der Waals surface area contributed by atoms with Crippen molar-refractivity contribution in [1.82, 2.24) is 20.3 Å². The topological polar surface area (TPSA) is 131 Å². The number of rotatable bonds is 6. The van der Waals surface area contributed by atoms with E-state index in [1.807, 2.05) is 0 Å². The quantitative estimate of drug-likeness (QED) is 0.543. The number of carbonyl (C=O) groups excluding carboxylic acids is 2. The highest BCUT2D eigenvalue weighted by Crippen LogP contribution is 2.55. The molecule has 3 N–H and O–H groups in total. The first-order valence-corrected chi connectivity index (χ1v) is 13.7. The largest absolute Gasteiger partial charge is 0.332 e. The van der Waals surface area contributed by atoms with Crippen LogP contribution in [0.25, 0.3) is 0 Å². The van der Waals surface area contributed by atoms with Crippen LogP contribution in [0.5, 0.6) is 0 Å². The zero-order valence-electron chi connectivity index (χ0n) is 19.4. The maximum absolute atomic E-state index is 13.2. The summed E-state index contributed by atoms with van der Waals surface area (Å²) in [5, 5.41) is 15.7. The number of urea groups is 1. The van der Waals surface area contributed by atoms with Crippen molar-refractivity contribution in [2.24, 2.45) is 17.8 Å². The second-order valence-corrected chi connectivity index (χ2v) is 12.2. The van der Waals surface area contributed by atoms with Crippen LogP contribution in [0.2, 0.25) is 0 Å². The van der Waals surface area contributed by atoms with E-state index in [0.29, 0.717) is 24.8 Å². The Morgan fingerprint density at radius 1 is 1.14 bits per heavy atom. The van der Waals surface area contributed by atoms with Crippen LogP contribution < -0.4 is 15.4 Å². The smallest absolute Gasteiger partial charge is 0.328 e. The van der Waals surface area contributed by atoms with Gasteiger partial charge in [0.25, 0.3) is 10.0 Å². The predicted molar refractivity (Wildman–Crippen MR) is 124 cm³/mol. The lowest BCUT2D eigenvalue weighted by molar-refractivity contribution is -0.131. The standard InChI is InChI=1S/C24H30FN5O4S/c25-18-3-5-20(6-4-18)35(33,34)29-23(32)28-22-17-9-15-8-16(10-17)12-24(22,11-15)27-14-21(31)30-7-1-2-19(30)13-26/h3-6,15-17,19,22,27H,1-2,7-12,14H2,(H2,28,29,32). The Morgan fingerprint density at radius 3 is 2.49 bits per heavy atom. The molecule has 4 bridgehead atoms. The van der Waals surface area contributed by atoms with Crippen molar-refractivity contribution < 1.29 is 22.4 Å². The van der Waals surface area contributed by atoms with Gasteiger partial charge in [0.15, 0.2) is 0 Å². The van der Waals surface area contributed by atoms with E-state index in [2.05, 4.69) is 21.4 Å². The fourth-order valence-electron chi connectivity index (χ4n) is 7.07. The molecule has 6 rings (SSSR count). The Morgan fingerprint density at radius 2 is 1.83 bits per heavy atom. The number of nitrogens with zero attached hydrogens (tertiary/aromatic N) is 2. The van der Waals surface area contributed by atoms with Crippen molar-refractivity contribution in [3.63, 3.8) is 0 Å².